The van der Waals surface area contributed by atoms with Crippen LogP contribution in [0.15, 0.2) is 91.0 Å². The van der Waals surface area contributed by atoms with Gasteiger partial charge in [0, 0.05) is 22.6 Å². The number of fused-ring (bicyclic) bond motifs is 1. The molecule has 6 nitrogen and oxygen atoms in total. The van der Waals surface area contributed by atoms with Crippen molar-refractivity contribution in [2.75, 3.05) is 16.4 Å². The lowest BCUT2D eigenvalue weighted by Crippen LogP contribution is -2.37. The molecule has 4 N–H and O–H groups in total. The average Bonchev–Trinajstić information content (AvgIpc) is 2.89. The minimum absolute atomic E-state index is 0.148. The maximum Gasteiger partial charge on any atom is 0.242 e. The van der Waals surface area contributed by atoms with Gasteiger partial charge in [-0.3, -0.25) is 14.4 Å². The van der Waals surface area contributed by atoms with Crippen LogP contribution in [0.1, 0.15) is 21.5 Å². The Balaban J connectivity index is 1.63. The lowest BCUT2D eigenvalue weighted by atomic mass is 10.00. The molecule has 1 atom stereocenters. The Morgan fingerprint density at radius 3 is 2.31 bits per heavy atom. The van der Waals surface area contributed by atoms with E-state index in [1.165, 1.54) is 0 Å². The monoisotopic (exact) mass is 483 g/mol. The molecule has 0 aliphatic rings. The molecule has 0 aliphatic carbocycles. The van der Waals surface area contributed by atoms with E-state index in [1.54, 1.807) is 42.5 Å². The van der Waals surface area contributed by atoms with Crippen molar-refractivity contribution in [2.24, 2.45) is 5.73 Å². The zero-order valence-electron chi connectivity index (χ0n) is 18.9. The van der Waals surface area contributed by atoms with Gasteiger partial charge < -0.3 is 16.4 Å². The summed E-state index contributed by atoms with van der Waals surface area (Å²) in [6, 6.07) is 26.5. The molecule has 0 radical (unpaired) electrons. The second kappa shape index (κ2) is 11.0. The Morgan fingerprint density at radius 1 is 0.829 bits per heavy atom. The van der Waals surface area contributed by atoms with Crippen LogP contribution in [0.2, 0.25) is 0 Å². The zero-order valence-corrected chi connectivity index (χ0v) is 19.8. The SMILES string of the molecule is N[C@@H](CS)C(=O)Nc1ccc(NC(=O)Cc2cccc3ccccc23)c(C(=O)c2ccccc2)c1. The fourth-order valence-corrected chi connectivity index (χ4v) is 3.96. The van der Waals surface area contributed by atoms with Gasteiger partial charge in [-0.2, -0.15) is 12.6 Å². The average molecular weight is 484 g/mol. The summed E-state index contributed by atoms with van der Waals surface area (Å²) in [6.45, 7) is 0. The fourth-order valence-electron chi connectivity index (χ4n) is 3.80. The lowest BCUT2D eigenvalue weighted by Gasteiger charge is -2.15. The second-order valence-corrected chi connectivity index (χ2v) is 8.46. The number of hydrogen-bond acceptors (Lipinski definition) is 5. The summed E-state index contributed by atoms with van der Waals surface area (Å²) in [6.07, 6.45) is 0.148. The maximum atomic E-state index is 13.3. The van der Waals surface area contributed by atoms with E-state index >= 15 is 0 Å². The number of carbonyl (C=O) groups is 3. The number of rotatable bonds is 8. The Kier molecular flexibility index (Phi) is 7.60. The normalized spacial score (nSPS) is 11.6. The van der Waals surface area contributed by atoms with E-state index in [-0.39, 0.29) is 29.4 Å². The van der Waals surface area contributed by atoms with Gasteiger partial charge in [0.15, 0.2) is 5.78 Å². The molecule has 4 aromatic carbocycles. The first kappa shape index (κ1) is 24.2. The first-order valence-electron chi connectivity index (χ1n) is 11.1. The first-order valence-corrected chi connectivity index (χ1v) is 11.8. The minimum Gasteiger partial charge on any atom is -0.325 e. The summed E-state index contributed by atoms with van der Waals surface area (Å²) in [5.74, 6) is -0.756. The quantitative estimate of drug-likeness (QED) is 0.220. The summed E-state index contributed by atoms with van der Waals surface area (Å²) in [7, 11) is 0. The van der Waals surface area contributed by atoms with Crippen molar-refractivity contribution in [3.63, 3.8) is 0 Å². The molecule has 35 heavy (non-hydrogen) atoms. The van der Waals surface area contributed by atoms with Crippen LogP contribution in [0.5, 0.6) is 0 Å². The van der Waals surface area contributed by atoms with Crippen molar-refractivity contribution in [1.29, 1.82) is 0 Å². The fraction of sp³-hybridized carbons (Fsp3) is 0.107. The number of hydrogen-bond donors (Lipinski definition) is 4. The number of amides is 2. The van der Waals surface area contributed by atoms with Crippen molar-refractivity contribution >= 4 is 52.4 Å². The van der Waals surface area contributed by atoms with Crippen molar-refractivity contribution in [3.8, 4) is 0 Å². The maximum absolute atomic E-state index is 13.3. The van der Waals surface area contributed by atoms with E-state index in [9.17, 15) is 14.4 Å². The van der Waals surface area contributed by atoms with Crippen LogP contribution in [0, 0.1) is 0 Å². The number of ketones is 1. The molecule has 0 fully saturated rings. The van der Waals surface area contributed by atoms with Crippen LogP contribution in [0.25, 0.3) is 10.8 Å². The second-order valence-electron chi connectivity index (χ2n) is 8.10. The standard InChI is InChI=1S/C28H25N3O3S/c29-24(17-35)28(34)30-21-13-14-25(23(16-21)27(33)19-8-2-1-3-9-19)31-26(32)15-20-11-6-10-18-7-4-5-12-22(18)20/h1-14,16,24,35H,15,17,29H2,(H,30,34)(H,31,32)/t24-/m0/s1. The smallest absolute Gasteiger partial charge is 0.242 e. The van der Waals surface area contributed by atoms with Crippen LogP contribution in [-0.2, 0) is 16.0 Å². The van der Waals surface area contributed by atoms with Gasteiger partial charge in [0.05, 0.1) is 18.2 Å². The van der Waals surface area contributed by atoms with Crippen molar-refractivity contribution in [1.82, 2.24) is 0 Å². The van der Waals surface area contributed by atoms with Gasteiger partial charge in [-0.05, 0) is 34.5 Å². The molecular weight excluding hydrogens is 458 g/mol. The number of benzene rings is 4. The summed E-state index contributed by atoms with van der Waals surface area (Å²) in [5.41, 5.74) is 8.13. The van der Waals surface area contributed by atoms with E-state index < -0.39 is 11.9 Å². The van der Waals surface area contributed by atoms with E-state index in [0.29, 0.717) is 16.9 Å². The Labute approximate surface area is 208 Å². The highest BCUT2D eigenvalue weighted by molar-refractivity contribution is 7.80. The zero-order chi connectivity index (χ0) is 24.8. The van der Waals surface area contributed by atoms with E-state index in [1.807, 2.05) is 48.5 Å². The first-order chi connectivity index (χ1) is 17.0. The van der Waals surface area contributed by atoms with Crippen LogP contribution in [-0.4, -0.2) is 29.4 Å². The van der Waals surface area contributed by atoms with E-state index in [4.69, 9.17) is 5.73 Å². The Hall–Kier alpha value is -3.94. The van der Waals surface area contributed by atoms with Gasteiger partial charge in [0.1, 0.15) is 0 Å². The molecule has 0 saturated carbocycles. The largest absolute Gasteiger partial charge is 0.325 e. The van der Waals surface area contributed by atoms with Gasteiger partial charge in [-0.15, -0.1) is 0 Å². The third-order valence-electron chi connectivity index (χ3n) is 5.61. The van der Waals surface area contributed by atoms with Crippen LogP contribution < -0.4 is 16.4 Å². The van der Waals surface area contributed by atoms with Crippen LogP contribution >= 0.6 is 12.6 Å². The highest BCUT2D eigenvalue weighted by Gasteiger charge is 2.19. The lowest BCUT2D eigenvalue weighted by molar-refractivity contribution is -0.117. The molecule has 0 aliphatic heterocycles. The molecule has 0 heterocycles. The van der Waals surface area contributed by atoms with E-state index in [0.717, 1.165) is 16.3 Å². The molecule has 4 rings (SSSR count). The number of nitrogens with two attached hydrogens (primary N) is 1. The number of anilines is 2. The molecule has 0 spiro atoms. The predicted octanol–water partition coefficient (Wildman–Crippen LogP) is 4.45. The van der Waals surface area contributed by atoms with Gasteiger partial charge >= 0.3 is 0 Å². The van der Waals surface area contributed by atoms with E-state index in [2.05, 4.69) is 23.3 Å². The number of carbonyl (C=O) groups excluding carboxylic acids is 3. The molecule has 4 aromatic rings. The number of nitrogens with one attached hydrogen (secondary N) is 2. The van der Waals surface area contributed by atoms with Gasteiger partial charge in [0.2, 0.25) is 11.8 Å². The molecule has 176 valence electrons. The molecule has 7 heteroatoms. The van der Waals surface area contributed by atoms with Gasteiger partial charge in [0.25, 0.3) is 0 Å². The molecule has 0 aromatic heterocycles. The Bertz CT molecular complexity index is 1380. The third-order valence-corrected chi connectivity index (χ3v) is 6.00. The number of thiol groups is 1. The van der Waals surface area contributed by atoms with Crippen LogP contribution in [0.3, 0.4) is 0 Å². The molecule has 0 unspecified atom stereocenters. The van der Waals surface area contributed by atoms with Crippen molar-refractivity contribution in [2.45, 2.75) is 12.5 Å². The van der Waals surface area contributed by atoms with Crippen LogP contribution in [0.4, 0.5) is 11.4 Å². The Morgan fingerprint density at radius 2 is 1.54 bits per heavy atom. The van der Waals surface area contributed by atoms with Gasteiger partial charge in [-0.1, -0.05) is 72.8 Å². The predicted molar refractivity (Wildman–Crippen MR) is 143 cm³/mol. The van der Waals surface area contributed by atoms with Crippen molar-refractivity contribution < 1.29 is 14.4 Å². The molecule has 2 amide bonds. The molecule has 0 bridgehead atoms. The summed E-state index contributed by atoms with van der Waals surface area (Å²) in [5, 5.41) is 7.64. The highest BCUT2D eigenvalue weighted by atomic mass is 32.1. The van der Waals surface area contributed by atoms with Crippen molar-refractivity contribution in [3.05, 3.63) is 108 Å². The summed E-state index contributed by atoms with van der Waals surface area (Å²) >= 11 is 4.05. The molecule has 0 saturated heterocycles. The molecular formula is C28H25N3O3S. The topological polar surface area (TPSA) is 101 Å². The minimum atomic E-state index is -0.785. The summed E-state index contributed by atoms with van der Waals surface area (Å²) < 4.78 is 0. The van der Waals surface area contributed by atoms with Gasteiger partial charge in [-0.25, -0.2) is 0 Å². The third kappa shape index (κ3) is 5.77. The summed E-state index contributed by atoms with van der Waals surface area (Å²) in [4.78, 5) is 38.5. The highest BCUT2D eigenvalue weighted by Crippen LogP contribution is 2.25.